The Bertz CT molecular complexity index is 518. The first kappa shape index (κ1) is 16.4. The summed E-state index contributed by atoms with van der Waals surface area (Å²) in [6, 6.07) is 6.19. The van der Waals surface area contributed by atoms with E-state index in [1.807, 2.05) is 0 Å². The van der Waals surface area contributed by atoms with E-state index in [4.69, 9.17) is 5.11 Å². The number of carboxylic acid groups (broad SMARTS) is 1. The van der Waals surface area contributed by atoms with E-state index < -0.39 is 10.9 Å². The number of carboxylic acids is 1. The van der Waals surface area contributed by atoms with Crippen molar-refractivity contribution < 1.29 is 19.6 Å². The van der Waals surface area contributed by atoms with E-state index in [2.05, 4.69) is 10.6 Å². The van der Waals surface area contributed by atoms with Crippen LogP contribution < -0.4 is 10.6 Å². The topological polar surface area (TPSA) is 122 Å². The summed E-state index contributed by atoms with van der Waals surface area (Å²) in [5.41, 5.74) is 0.320. The number of anilines is 1. The molecule has 1 aromatic rings. The number of nitro groups is 1. The number of amides is 1. The van der Waals surface area contributed by atoms with Crippen LogP contribution in [0.25, 0.3) is 0 Å². The number of para-hydroxylation sites is 2. The molecule has 114 valence electrons. The third-order valence-electron chi connectivity index (χ3n) is 2.66. The highest BCUT2D eigenvalue weighted by Crippen LogP contribution is 2.22. The van der Waals surface area contributed by atoms with Gasteiger partial charge in [-0.15, -0.1) is 0 Å². The second-order valence-electron chi connectivity index (χ2n) is 4.30. The maximum absolute atomic E-state index is 11.5. The zero-order valence-electron chi connectivity index (χ0n) is 11.4. The highest BCUT2D eigenvalue weighted by molar-refractivity contribution is 5.76. The smallest absolute Gasteiger partial charge is 0.303 e. The first-order valence-corrected chi connectivity index (χ1v) is 6.46. The van der Waals surface area contributed by atoms with Gasteiger partial charge in [-0.3, -0.25) is 19.7 Å². The van der Waals surface area contributed by atoms with E-state index in [9.17, 15) is 19.7 Å². The fourth-order valence-corrected chi connectivity index (χ4v) is 1.65. The molecule has 0 bridgehead atoms. The molecule has 1 rings (SSSR count). The van der Waals surface area contributed by atoms with Crippen LogP contribution in [0.3, 0.4) is 0 Å². The number of carbonyl (C=O) groups is 2. The Hall–Kier alpha value is -2.64. The standard InChI is InChI=1S/C13H17N3O5/c17-12(15-8-3-6-13(18)19)7-9-14-10-4-1-2-5-11(10)16(20)21/h1-2,4-5,14H,3,6-9H2,(H,15,17)(H,18,19). The number of nitrogens with one attached hydrogen (secondary N) is 2. The van der Waals surface area contributed by atoms with Gasteiger partial charge in [-0.1, -0.05) is 12.1 Å². The van der Waals surface area contributed by atoms with E-state index in [1.54, 1.807) is 18.2 Å². The minimum Gasteiger partial charge on any atom is -0.481 e. The molecule has 0 heterocycles. The van der Waals surface area contributed by atoms with Gasteiger partial charge in [-0.05, 0) is 12.5 Å². The van der Waals surface area contributed by atoms with E-state index in [-0.39, 0.29) is 31.0 Å². The van der Waals surface area contributed by atoms with Crippen molar-refractivity contribution >= 4 is 23.3 Å². The van der Waals surface area contributed by atoms with Crippen LogP contribution in [0.15, 0.2) is 24.3 Å². The van der Waals surface area contributed by atoms with Crippen molar-refractivity contribution in [2.24, 2.45) is 0 Å². The molecule has 0 aliphatic carbocycles. The third-order valence-corrected chi connectivity index (χ3v) is 2.66. The van der Waals surface area contributed by atoms with Gasteiger partial charge in [-0.25, -0.2) is 0 Å². The minimum absolute atomic E-state index is 0.00867. The number of hydrogen-bond acceptors (Lipinski definition) is 5. The molecular formula is C13H17N3O5. The minimum atomic E-state index is -0.901. The quantitative estimate of drug-likeness (QED) is 0.359. The van der Waals surface area contributed by atoms with Crippen molar-refractivity contribution in [3.8, 4) is 0 Å². The number of hydrogen-bond donors (Lipinski definition) is 3. The summed E-state index contributed by atoms with van der Waals surface area (Å²) < 4.78 is 0. The van der Waals surface area contributed by atoms with E-state index >= 15 is 0 Å². The average molecular weight is 295 g/mol. The number of benzene rings is 1. The third kappa shape index (κ3) is 6.37. The Balaban J connectivity index is 2.29. The Kier molecular flexibility index (Phi) is 6.66. The second kappa shape index (κ2) is 8.51. The van der Waals surface area contributed by atoms with Gasteiger partial charge in [0.15, 0.2) is 0 Å². The maximum Gasteiger partial charge on any atom is 0.303 e. The van der Waals surface area contributed by atoms with Crippen LogP contribution in [0, 0.1) is 10.1 Å². The molecule has 1 aromatic carbocycles. The second-order valence-corrected chi connectivity index (χ2v) is 4.30. The molecule has 0 spiro atoms. The summed E-state index contributed by atoms with van der Waals surface area (Å²) in [6.07, 6.45) is 0.534. The van der Waals surface area contributed by atoms with Crippen LogP contribution in [0.5, 0.6) is 0 Å². The normalized spacial score (nSPS) is 9.90. The van der Waals surface area contributed by atoms with Gasteiger partial charge in [0.25, 0.3) is 5.69 Å². The molecule has 0 aliphatic heterocycles. The molecule has 0 saturated heterocycles. The van der Waals surface area contributed by atoms with Gasteiger partial charge in [0.1, 0.15) is 5.69 Å². The summed E-state index contributed by atoms with van der Waals surface area (Å²) in [5.74, 6) is -1.13. The molecule has 3 N–H and O–H groups in total. The zero-order valence-corrected chi connectivity index (χ0v) is 11.4. The monoisotopic (exact) mass is 295 g/mol. The van der Waals surface area contributed by atoms with Gasteiger partial charge in [0, 0.05) is 32.0 Å². The molecular weight excluding hydrogens is 278 g/mol. The summed E-state index contributed by atoms with van der Waals surface area (Å²) in [5, 5.41) is 24.6. The molecule has 21 heavy (non-hydrogen) atoms. The number of nitro benzene ring substituents is 1. The van der Waals surface area contributed by atoms with E-state index in [0.717, 1.165) is 0 Å². The average Bonchev–Trinajstić information content (AvgIpc) is 2.44. The van der Waals surface area contributed by atoms with Crippen LogP contribution in [-0.2, 0) is 9.59 Å². The van der Waals surface area contributed by atoms with Crippen LogP contribution in [0.2, 0.25) is 0 Å². The fourth-order valence-electron chi connectivity index (χ4n) is 1.65. The lowest BCUT2D eigenvalue weighted by Gasteiger charge is -2.07. The van der Waals surface area contributed by atoms with Crippen LogP contribution in [0.4, 0.5) is 11.4 Å². The van der Waals surface area contributed by atoms with Gasteiger partial charge in [-0.2, -0.15) is 0 Å². The lowest BCUT2D eigenvalue weighted by Crippen LogP contribution is -2.26. The first-order chi connectivity index (χ1) is 10.0. The van der Waals surface area contributed by atoms with Gasteiger partial charge in [0.2, 0.25) is 5.91 Å². The fraction of sp³-hybridized carbons (Fsp3) is 0.385. The SMILES string of the molecule is O=C(O)CCCNC(=O)CCNc1ccccc1[N+](=O)[O-]. The lowest BCUT2D eigenvalue weighted by molar-refractivity contribution is -0.384. The molecule has 8 nitrogen and oxygen atoms in total. The Labute approximate surface area is 121 Å². The summed E-state index contributed by atoms with van der Waals surface area (Å²) in [4.78, 5) is 32.0. The van der Waals surface area contributed by atoms with Gasteiger partial charge in [0.05, 0.1) is 4.92 Å². The molecule has 0 aliphatic rings. The van der Waals surface area contributed by atoms with E-state index in [0.29, 0.717) is 18.7 Å². The van der Waals surface area contributed by atoms with Crippen molar-refractivity contribution in [3.63, 3.8) is 0 Å². The summed E-state index contributed by atoms with van der Waals surface area (Å²) >= 11 is 0. The van der Waals surface area contributed by atoms with Crippen molar-refractivity contribution in [1.82, 2.24) is 5.32 Å². The van der Waals surface area contributed by atoms with Crippen LogP contribution in [0.1, 0.15) is 19.3 Å². The summed E-state index contributed by atoms with van der Waals surface area (Å²) in [6.45, 7) is 0.562. The Morgan fingerprint density at radius 2 is 1.90 bits per heavy atom. The predicted molar refractivity (Wildman–Crippen MR) is 76.1 cm³/mol. The van der Waals surface area contributed by atoms with Crippen molar-refractivity contribution in [2.45, 2.75) is 19.3 Å². The molecule has 0 radical (unpaired) electrons. The van der Waals surface area contributed by atoms with E-state index in [1.165, 1.54) is 6.07 Å². The molecule has 1 amide bonds. The Morgan fingerprint density at radius 1 is 1.19 bits per heavy atom. The lowest BCUT2D eigenvalue weighted by atomic mass is 10.2. The highest BCUT2D eigenvalue weighted by atomic mass is 16.6. The Morgan fingerprint density at radius 3 is 2.57 bits per heavy atom. The molecule has 0 saturated carbocycles. The zero-order chi connectivity index (χ0) is 15.7. The number of carbonyl (C=O) groups excluding carboxylic acids is 1. The molecule has 8 heteroatoms. The predicted octanol–water partition coefficient (Wildman–Crippen LogP) is 1.38. The highest BCUT2D eigenvalue weighted by Gasteiger charge is 2.11. The van der Waals surface area contributed by atoms with Gasteiger partial charge >= 0.3 is 5.97 Å². The largest absolute Gasteiger partial charge is 0.481 e. The van der Waals surface area contributed by atoms with Crippen molar-refractivity contribution in [2.75, 3.05) is 18.4 Å². The van der Waals surface area contributed by atoms with Crippen LogP contribution >= 0.6 is 0 Å². The summed E-state index contributed by atoms with van der Waals surface area (Å²) in [7, 11) is 0. The van der Waals surface area contributed by atoms with Crippen molar-refractivity contribution in [1.29, 1.82) is 0 Å². The number of nitrogens with zero attached hydrogens (tertiary/aromatic N) is 1. The molecule has 0 atom stereocenters. The van der Waals surface area contributed by atoms with Gasteiger partial charge < -0.3 is 15.7 Å². The number of rotatable bonds is 9. The molecule has 0 aromatic heterocycles. The maximum atomic E-state index is 11.5. The number of aliphatic carboxylic acids is 1. The van der Waals surface area contributed by atoms with Crippen LogP contribution in [-0.4, -0.2) is 35.0 Å². The molecule has 0 fully saturated rings. The molecule has 0 unspecified atom stereocenters. The van der Waals surface area contributed by atoms with Crippen molar-refractivity contribution in [3.05, 3.63) is 34.4 Å². The first-order valence-electron chi connectivity index (χ1n) is 6.46.